The molecule has 15 heavy (non-hydrogen) atoms. The molecule has 2 heterocycles. The summed E-state index contributed by atoms with van der Waals surface area (Å²) in [4.78, 5) is 25.1. The Hall–Kier alpha value is -1.06. The predicted molar refractivity (Wildman–Crippen MR) is 54.5 cm³/mol. The average Bonchev–Trinajstić information content (AvgIpc) is 2.29. The third-order valence-corrected chi connectivity index (χ3v) is 3.80. The average molecular weight is 211 g/mol. The summed E-state index contributed by atoms with van der Waals surface area (Å²) in [7, 11) is 1.39. The van der Waals surface area contributed by atoms with E-state index in [1.165, 1.54) is 7.11 Å². The first kappa shape index (κ1) is 10.5. The van der Waals surface area contributed by atoms with Gasteiger partial charge in [0, 0.05) is 12.8 Å². The second kappa shape index (κ2) is 2.97. The van der Waals surface area contributed by atoms with Crippen LogP contribution in [0.25, 0.3) is 0 Å². The Kier molecular flexibility index (Phi) is 2.07. The first-order chi connectivity index (χ1) is 6.91. The van der Waals surface area contributed by atoms with Gasteiger partial charge in [0.05, 0.1) is 18.2 Å². The fourth-order valence-electron chi connectivity index (χ4n) is 3.19. The van der Waals surface area contributed by atoms with Crippen molar-refractivity contribution in [1.82, 2.24) is 4.90 Å². The molecule has 4 heteroatoms. The predicted octanol–water partition coefficient (Wildman–Crippen LogP) is 1.73. The molecule has 0 unspecified atom stereocenters. The lowest BCUT2D eigenvalue weighted by Crippen LogP contribution is -2.59. The van der Waals surface area contributed by atoms with Gasteiger partial charge in [-0.15, -0.1) is 0 Å². The molecule has 84 valence electrons. The Balaban J connectivity index is 2.38. The van der Waals surface area contributed by atoms with Crippen LogP contribution in [0, 0.1) is 0 Å². The number of carbonyl (C=O) groups is 2. The number of hydrogen-bond acceptors (Lipinski definition) is 3. The van der Waals surface area contributed by atoms with Crippen molar-refractivity contribution in [2.75, 3.05) is 7.11 Å². The Bertz CT molecular complexity index is 306. The summed E-state index contributed by atoms with van der Waals surface area (Å²) in [6.07, 6.45) is 2.43. The normalized spacial score (nSPS) is 39.4. The van der Waals surface area contributed by atoms with Crippen LogP contribution in [-0.2, 0) is 9.53 Å². The van der Waals surface area contributed by atoms with Crippen molar-refractivity contribution in [3.05, 3.63) is 0 Å². The van der Waals surface area contributed by atoms with E-state index < -0.39 is 0 Å². The molecule has 1 amide bonds. The molecule has 2 atom stereocenters. The molecule has 2 aliphatic rings. The Labute approximate surface area is 89.6 Å². The van der Waals surface area contributed by atoms with Crippen LogP contribution < -0.4 is 0 Å². The second-order valence-electron chi connectivity index (χ2n) is 5.19. The number of rotatable bonds is 0. The van der Waals surface area contributed by atoms with Gasteiger partial charge in [0.1, 0.15) is 5.78 Å². The zero-order valence-corrected chi connectivity index (χ0v) is 9.50. The molecule has 2 fully saturated rings. The molecule has 0 aromatic carbocycles. The highest BCUT2D eigenvalue weighted by molar-refractivity contribution is 5.85. The van der Waals surface area contributed by atoms with E-state index in [-0.39, 0.29) is 23.0 Å². The third kappa shape index (κ3) is 1.34. The number of ether oxygens (including phenoxy) is 1. The van der Waals surface area contributed by atoms with Crippen LogP contribution in [0.3, 0.4) is 0 Å². The molecule has 2 rings (SSSR count). The highest BCUT2D eigenvalue weighted by Crippen LogP contribution is 2.49. The summed E-state index contributed by atoms with van der Waals surface area (Å²) in [5, 5.41) is 0. The lowest BCUT2D eigenvalue weighted by molar-refractivity contribution is -0.128. The van der Waals surface area contributed by atoms with E-state index in [9.17, 15) is 9.59 Å². The van der Waals surface area contributed by atoms with Gasteiger partial charge in [0.15, 0.2) is 0 Å². The molecule has 2 saturated heterocycles. The first-order valence-corrected chi connectivity index (χ1v) is 5.31. The van der Waals surface area contributed by atoms with E-state index in [0.717, 1.165) is 12.8 Å². The van der Waals surface area contributed by atoms with E-state index in [0.29, 0.717) is 12.8 Å². The summed E-state index contributed by atoms with van der Waals surface area (Å²) < 4.78 is 4.81. The highest BCUT2D eigenvalue weighted by atomic mass is 16.5. The number of fused-ring (bicyclic) bond motifs is 2. The molecule has 0 aromatic heterocycles. The molecular formula is C11H17NO3. The molecule has 2 aliphatic heterocycles. The van der Waals surface area contributed by atoms with Crippen molar-refractivity contribution in [3.8, 4) is 0 Å². The van der Waals surface area contributed by atoms with E-state index in [4.69, 9.17) is 4.74 Å². The first-order valence-electron chi connectivity index (χ1n) is 5.31. The quantitative estimate of drug-likeness (QED) is 0.613. The lowest BCUT2D eigenvalue weighted by Gasteiger charge is -2.46. The van der Waals surface area contributed by atoms with Gasteiger partial charge < -0.3 is 4.74 Å². The number of ketones is 1. The smallest absolute Gasteiger partial charge is 0.410 e. The number of piperidine rings is 1. The van der Waals surface area contributed by atoms with Crippen LogP contribution in [0.5, 0.6) is 0 Å². The maximum Gasteiger partial charge on any atom is 0.410 e. The van der Waals surface area contributed by atoms with Crippen LogP contribution in [0.4, 0.5) is 4.79 Å². The van der Waals surface area contributed by atoms with Crippen LogP contribution in [0.1, 0.15) is 39.5 Å². The fourth-order valence-corrected chi connectivity index (χ4v) is 3.19. The summed E-state index contributed by atoms with van der Waals surface area (Å²) in [5.41, 5.74) is -0.644. The van der Waals surface area contributed by atoms with Crippen molar-refractivity contribution < 1.29 is 14.3 Å². The number of methoxy groups -OCH3 is 1. The number of Topliss-reactive ketones (excluding diaryl/α,β-unsaturated/α-hetero) is 1. The zero-order valence-electron chi connectivity index (χ0n) is 9.50. The topological polar surface area (TPSA) is 46.6 Å². The fraction of sp³-hybridized carbons (Fsp3) is 0.818. The Morgan fingerprint density at radius 1 is 1.27 bits per heavy atom. The van der Waals surface area contributed by atoms with E-state index >= 15 is 0 Å². The molecule has 0 saturated carbocycles. The van der Waals surface area contributed by atoms with Crippen molar-refractivity contribution >= 4 is 11.9 Å². The van der Waals surface area contributed by atoms with Gasteiger partial charge in [-0.3, -0.25) is 9.69 Å². The second-order valence-corrected chi connectivity index (χ2v) is 5.19. The minimum absolute atomic E-state index is 0.262. The molecule has 4 nitrogen and oxygen atoms in total. The van der Waals surface area contributed by atoms with Crippen molar-refractivity contribution in [2.24, 2.45) is 0 Å². The van der Waals surface area contributed by atoms with Gasteiger partial charge in [-0.2, -0.15) is 0 Å². The molecular weight excluding hydrogens is 194 g/mol. The molecule has 2 bridgehead atoms. The molecule has 0 spiro atoms. The summed E-state index contributed by atoms with van der Waals surface area (Å²) in [5.74, 6) is 0.262. The number of hydrogen-bond donors (Lipinski definition) is 0. The SMILES string of the molecule is COC(=O)N1[C@@]2(C)CC[C@]1(C)CC(=O)C2. The zero-order chi connectivity index (χ0) is 11.3. The minimum atomic E-state index is -0.322. The maximum atomic E-state index is 11.7. The Morgan fingerprint density at radius 2 is 1.73 bits per heavy atom. The largest absolute Gasteiger partial charge is 0.453 e. The minimum Gasteiger partial charge on any atom is -0.453 e. The number of amides is 1. The standard InChI is InChI=1S/C11H17NO3/c1-10-4-5-11(2,7-8(13)6-10)12(10)9(14)15-3/h4-7H2,1-3H3/t10-,11+. The van der Waals surface area contributed by atoms with Gasteiger partial charge >= 0.3 is 6.09 Å². The van der Waals surface area contributed by atoms with Gasteiger partial charge in [0.25, 0.3) is 0 Å². The van der Waals surface area contributed by atoms with Crippen LogP contribution in [0.2, 0.25) is 0 Å². The lowest BCUT2D eigenvalue weighted by atomic mass is 9.85. The van der Waals surface area contributed by atoms with Gasteiger partial charge in [-0.25, -0.2) is 4.79 Å². The Morgan fingerprint density at radius 3 is 2.13 bits per heavy atom. The number of carbonyl (C=O) groups excluding carboxylic acids is 2. The van der Waals surface area contributed by atoms with Crippen molar-refractivity contribution in [1.29, 1.82) is 0 Å². The number of nitrogens with zero attached hydrogens (tertiary/aromatic N) is 1. The maximum absolute atomic E-state index is 11.7. The summed E-state index contributed by atoms with van der Waals surface area (Å²) >= 11 is 0. The van der Waals surface area contributed by atoms with Crippen molar-refractivity contribution in [3.63, 3.8) is 0 Å². The van der Waals surface area contributed by atoms with Crippen LogP contribution in [-0.4, -0.2) is 35.0 Å². The summed E-state index contributed by atoms with van der Waals surface area (Å²) in [6, 6.07) is 0. The van der Waals surface area contributed by atoms with E-state index in [2.05, 4.69) is 0 Å². The van der Waals surface area contributed by atoms with E-state index in [1.54, 1.807) is 4.90 Å². The van der Waals surface area contributed by atoms with Gasteiger partial charge in [0.2, 0.25) is 0 Å². The van der Waals surface area contributed by atoms with Crippen LogP contribution >= 0.6 is 0 Å². The molecule has 0 radical (unpaired) electrons. The molecule has 0 aromatic rings. The van der Waals surface area contributed by atoms with Gasteiger partial charge in [-0.1, -0.05) is 0 Å². The van der Waals surface area contributed by atoms with Gasteiger partial charge in [-0.05, 0) is 26.7 Å². The third-order valence-electron chi connectivity index (χ3n) is 3.80. The van der Waals surface area contributed by atoms with Crippen molar-refractivity contribution in [2.45, 2.75) is 50.6 Å². The monoisotopic (exact) mass is 211 g/mol. The molecule has 0 aliphatic carbocycles. The molecule has 0 N–H and O–H groups in total. The summed E-state index contributed by atoms with van der Waals surface area (Å²) in [6.45, 7) is 3.96. The van der Waals surface area contributed by atoms with E-state index in [1.807, 2.05) is 13.8 Å². The van der Waals surface area contributed by atoms with Crippen LogP contribution in [0.15, 0.2) is 0 Å². The highest BCUT2D eigenvalue weighted by Gasteiger charge is 2.57.